The number of carbonyl (C=O) groups excluding carboxylic acids is 2. The summed E-state index contributed by atoms with van der Waals surface area (Å²) < 4.78 is 0. The zero-order valence-corrected chi connectivity index (χ0v) is 10.2. The fourth-order valence-electron chi connectivity index (χ4n) is 2.33. The van der Waals surface area contributed by atoms with E-state index in [2.05, 4.69) is 5.32 Å². The Bertz CT molecular complexity index is 302. The van der Waals surface area contributed by atoms with Gasteiger partial charge < -0.3 is 16.0 Å². The second kappa shape index (κ2) is 5.49. The largest absolute Gasteiger partial charge is 0.368 e. The number of amides is 2. The Kier molecular flexibility index (Phi) is 3.99. The van der Waals surface area contributed by atoms with E-state index in [9.17, 15) is 9.59 Å². The molecule has 2 aliphatic rings. The van der Waals surface area contributed by atoms with Crippen molar-refractivity contribution in [1.82, 2.24) is 10.2 Å². The van der Waals surface area contributed by atoms with Gasteiger partial charge >= 0.3 is 0 Å². The molecule has 1 heterocycles. The number of nitrogens with one attached hydrogen (secondary N) is 1. The summed E-state index contributed by atoms with van der Waals surface area (Å²) in [5.74, 6) is 0.394. The Labute approximate surface area is 102 Å². The van der Waals surface area contributed by atoms with Gasteiger partial charge in [-0.15, -0.1) is 0 Å². The first-order valence-electron chi connectivity index (χ1n) is 6.48. The molecule has 96 valence electrons. The minimum atomic E-state index is -0.390. The van der Waals surface area contributed by atoms with Crippen LogP contribution >= 0.6 is 0 Å². The van der Waals surface area contributed by atoms with Crippen molar-refractivity contribution in [2.75, 3.05) is 19.6 Å². The van der Waals surface area contributed by atoms with Gasteiger partial charge in [0.2, 0.25) is 11.8 Å². The maximum atomic E-state index is 12.0. The number of carbonyl (C=O) groups is 2. The Morgan fingerprint density at radius 2 is 2.00 bits per heavy atom. The quantitative estimate of drug-likeness (QED) is 0.700. The highest BCUT2D eigenvalue weighted by Gasteiger charge is 2.30. The van der Waals surface area contributed by atoms with Crippen molar-refractivity contribution in [3.8, 4) is 0 Å². The molecular weight excluding hydrogens is 218 g/mol. The van der Waals surface area contributed by atoms with Crippen molar-refractivity contribution < 1.29 is 9.59 Å². The predicted octanol–water partition coefficient (Wildman–Crippen LogP) is -0.148. The number of hydrogen-bond acceptors (Lipinski definition) is 3. The van der Waals surface area contributed by atoms with Crippen molar-refractivity contribution in [2.24, 2.45) is 11.7 Å². The molecule has 0 aromatic carbocycles. The number of primary amides is 1. The van der Waals surface area contributed by atoms with Crippen LogP contribution in [0.2, 0.25) is 0 Å². The lowest BCUT2D eigenvalue weighted by Crippen LogP contribution is -2.52. The van der Waals surface area contributed by atoms with Gasteiger partial charge in [0.25, 0.3) is 0 Å². The second-order valence-corrected chi connectivity index (χ2v) is 5.08. The Hall–Kier alpha value is -1.10. The summed E-state index contributed by atoms with van der Waals surface area (Å²) >= 11 is 0. The Morgan fingerprint density at radius 1 is 1.24 bits per heavy atom. The summed E-state index contributed by atoms with van der Waals surface area (Å²) in [5.41, 5.74) is 5.33. The van der Waals surface area contributed by atoms with Gasteiger partial charge in [0.1, 0.15) is 6.04 Å². The highest BCUT2D eigenvalue weighted by atomic mass is 16.2. The number of likely N-dealkylation sites (tertiary alicyclic amines) is 1. The van der Waals surface area contributed by atoms with Gasteiger partial charge in [0.15, 0.2) is 0 Å². The van der Waals surface area contributed by atoms with Gasteiger partial charge in [-0.2, -0.15) is 0 Å². The topological polar surface area (TPSA) is 75.4 Å². The molecule has 1 aliphatic carbocycles. The molecule has 17 heavy (non-hydrogen) atoms. The summed E-state index contributed by atoms with van der Waals surface area (Å²) in [7, 11) is 0. The summed E-state index contributed by atoms with van der Waals surface area (Å²) in [6, 6.07) is -0.390. The third-order valence-corrected chi connectivity index (χ3v) is 3.56. The van der Waals surface area contributed by atoms with E-state index in [1.807, 2.05) is 0 Å². The van der Waals surface area contributed by atoms with Gasteiger partial charge in [-0.3, -0.25) is 9.59 Å². The van der Waals surface area contributed by atoms with E-state index >= 15 is 0 Å². The number of rotatable bonds is 5. The van der Waals surface area contributed by atoms with Crippen molar-refractivity contribution in [3.63, 3.8) is 0 Å². The molecule has 2 rings (SSSR count). The minimum Gasteiger partial charge on any atom is -0.368 e. The standard InChI is InChI=1S/C12H21N3O2/c13-12(17)10-3-1-2-6-15(10)11(16)8-14-7-9-4-5-9/h9-10,14H,1-8H2,(H2,13,17). The average molecular weight is 239 g/mol. The van der Waals surface area contributed by atoms with E-state index in [0.717, 1.165) is 25.3 Å². The van der Waals surface area contributed by atoms with Crippen LogP contribution in [0.15, 0.2) is 0 Å². The van der Waals surface area contributed by atoms with Crippen molar-refractivity contribution in [3.05, 3.63) is 0 Å². The fourth-order valence-corrected chi connectivity index (χ4v) is 2.33. The first-order valence-corrected chi connectivity index (χ1v) is 6.48. The Balaban J connectivity index is 1.79. The lowest BCUT2D eigenvalue weighted by Gasteiger charge is -2.33. The van der Waals surface area contributed by atoms with E-state index < -0.39 is 0 Å². The zero-order valence-electron chi connectivity index (χ0n) is 10.2. The number of nitrogens with two attached hydrogens (primary N) is 1. The molecule has 0 bridgehead atoms. The molecule has 1 aliphatic heterocycles. The number of hydrogen-bond donors (Lipinski definition) is 2. The van der Waals surface area contributed by atoms with Gasteiger partial charge in [0.05, 0.1) is 6.54 Å². The fraction of sp³-hybridized carbons (Fsp3) is 0.833. The molecule has 3 N–H and O–H groups in total. The summed E-state index contributed by atoms with van der Waals surface area (Å²) in [4.78, 5) is 24.9. The van der Waals surface area contributed by atoms with E-state index in [-0.39, 0.29) is 17.9 Å². The van der Waals surface area contributed by atoms with Crippen LogP contribution in [0.4, 0.5) is 0 Å². The van der Waals surface area contributed by atoms with Crippen LogP contribution in [-0.4, -0.2) is 42.4 Å². The van der Waals surface area contributed by atoms with Crippen LogP contribution in [0.25, 0.3) is 0 Å². The summed E-state index contributed by atoms with van der Waals surface area (Å²) in [6.07, 6.45) is 5.21. The van der Waals surface area contributed by atoms with Crippen molar-refractivity contribution >= 4 is 11.8 Å². The molecule has 0 radical (unpaired) electrons. The summed E-state index contributed by atoms with van der Waals surface area (Å²) in [6.45, 7) is 1.92. The second-order valence-electron chi connectivity index (χ2n) is 5.08. The van der Waals surface area contributed by atoms with Crippen molar-refractivity contribution in [1.29, 1.82) is 0 Å². The molecule has 1 unspecified atom stereocenters. The molecule has 0 aromatic heterocycles. The van der Waals surface area contributed by atoms with Crippen LogP contribution in [0.5, 0.6) is 0 Å². The highest BCUT2D eigenvalue weighted by molar-refractivity contribution is 5.87. The lowest BCUT2D eigenvalue weighted by atomic mass is 10.0. The number of piperidine rings is 1. The van der Waals surface area contributed by atoms with Crippen LogP contribution in [0.1, 0.15) is 32.1 Å². The molecule has 5 heteroatoms. The normalized spacial score (nSPS) is 24.7. The maximum absolute atomic E-state index is 12.0. The molecular formula is C12H21N3O2. The molecule has 0 aromatic rings. The molecule has 1 atom stereocenters. The predicted molar refractivity (Wildman–Crippen MR) is 64.1 cm³/mol. The Morgan fingerprint density at radius 3 is 2.65 bits per heavy atom. The maximum Gasteiger partial charge on any atom is 0.240 e. The zero-order chi connectivity index (χ0) is 12.3. The van der Waals surface area contributed by atoms with E-state index in [1.165, 1.54) is 12.8 Å². The first kappa shape index (κ1) is 12.4. The summed E-state index contributed by atoms with van der Waals surface area (Å²) in [5, 5.41) is 3.16. The van der Waals surface area contributed by atoms with Crippen molar-refractivity contribution in [2.45, 2.75) is 38.1 Å². The van der Waals surface area contributed by atoms with E-state index in [0.29, 0.717) is 19.5 Å². The van der Waals surface area contributed by atoms with Gasteiger partial charge in [-0.25, -0.2) is 0 Å². The average Bonchev–Trinajstić information content (AvgIpc) is 3.13. The van der Waals surface area contributed by atoms with Crippen LogP contribution in [0, 0.1) is 5.92 Å². The molecule has 5 nitrogen and oxygen atoms in total. The van der Waals surface area contributed by atoms with Crippen LogP contribution in [0.3, 0.4) is 0 Å². The highest BCUT2D eigenvalue weighted by Crippen LogP contribution is 2.27. The van der Waals surface area contributed by atoms with Crippen LogP contribution < -0.4 is 11.1 Å². The van der Waals surface area contributed by atoms with Gasteiger partial charge in [-0.1, -0.05) is 0 Å². The molecule has 2 amide bonds. The first-order chi connectivity index (χ1) is 8.18. The van der Waals surface area contributed by atoms with E-state index in [4.69, 9.17) is 5.73 Å². The molecule has 1 saturated carbocycles. The number of nitrogens with zero attached hydrogens (tertiary/aromatic N) is 1. The minimum absolute atomic E-state index is 0.00847. The third-order valence-electron chi connectivity index (χ3n) is 3.56. The molecule has 1 saturated heterocycles. The smallest absolute Gasteiger partial charge is 0.240 e. The molecule has 2 fully saturated rings. The van der Waals surface area contributed by atoms with Crippen LogP contribution in [-0.2, 0) is 9.59 Å². The lowest BCUT2D eigenvalue weighted by molar-refractivity contribution is -0.140. The monoisotopic (exact) mass is 239 g/mol. The van der Waals surface area contributed by atoms with Gasteiger partial charge in [0, 0.05) is 6.54 Å². The SMILES string of the molecule is NC(=O)C1CCCCN1C(=O)CNCC1CC1. The third kappa shape index (κ3) is 3.43. The van der Waals surface area contributed by atoms with E-state index in [1.54, 1.807) is 4.90 Å². The van der Waals surface area contributed by atoms with Gasteiger partial charge in [-0.05, 0) is 44.6 Å². The molecule has 0 spiro atoms.